The van der Waals surface area contributed by atoms with Crippen LogP contribution in [0.3, 0.4) is 0 Å². The molecule has 0 saturated heterocycles. The summed E-state index contributed by atoms with van der Waals surface area (Å²) in [5.74, 6) is 0. The quantitative estimate of drug-likeness (QED) is 0.910. The molecule has 0 aliphatic carbocycles. The molecule has 0 spiro atoms. The van der Waals surface area contributed by atoms with Crippen LogP contribution >= 0.6 is 11.6 Å². The average molecular weight is 261 g/mol. The number of rotatable bonds is 4. The van der Waals surface area contributed by atoms with Gasteiger partial charge in [0.25, 0.3) is 0 Å². The molecule has 18 heavy (non-hydrogen) atoms. The fourth-order valence-electron chi connectivity index (χ4n) is 1.97. The van der Waals surface area contributed by atoms with Crippen molar-refractivity contribution in [2.24, 2.45) is 0 Å². The van der Waals surface area contributed by atoms with Crippen LogP contribution in [0.2, 0.25) is 5.02 Å². The minimum absolute atomic E-state index is 0.186. The number of aryl methyl sites for hydroxylation is 1. The van der Waals surface area contributed by atoms with Gasteiger partial charge in [-0.15, -0.1) is 0 Å². The number of hydrogen-bond acceptors (Lipinski definition) is 2. The number of benzene rings is 1. The Morgan fingerprint density at radius 3 is 2.72 bits per heavy atom. The van der Waals surface area contributed by atoms with Crippen molar-refractivity contribution in [2.45, 2.75) is 19.4 Å². The minimum Gasteiger partial charge on any atom is -0.311 e. The molecule has 2 rings (SSSR count). The average Bonchev–Trinajstić information content (AvgIpc) is 2.39. The lowest BCUT2D eigenvalue weighted by Gasteiger charge is -2.16. The molecule has 0 bridgehead atoms. The molecule has 0 aliphatic heterocycles. The first-order valence-electron chi connectivity index (χ1n) is 6.04. The molecule has 3 heteroatoms. The van der Waals surface area contributed by atoms with E-state index in [1.807, 2.05) is 44.4 Å². The molecule has 2 nitrogen and oxygen atoms in total. The summed E-state index contributed by atoms with van der Waals surface area (Å²) in [5, 5.41) is 4.11. The standard InChI is InChI=1S/C15H17ClN2/c1-11-6-7-12(13(16)9-11)10-15(17-2)14-5-3-4-8-18-14/h3-9,15,17H,10H2,1-2H3. The summed E-state index contributed by atoms with van der Waals surface area (Å²) < 4.78 is 0. The second-order valence-corrected chi connectivity index (χ2v) is 4.80. The third kappa shape index (κ3) is 3.09. The Morgan fingerprint density at radius 1 is 1.28 bits per heavy atom. The van der Waals surface area contributed by atoms with Crippen molar-refractivity contribution in [2.75, 3.05) is 7.05 Å². The first-order chi connectivity index (χ1) is 8.70. The van der Waals surface area contributed by atoms with Gasteiger partial charge in [-0.1, -0.05) is 29.8 Å². The van der Waals surface area contributed by atoms with Crippen LogP contribution in [0.4, 0.5) is 0 Å². The van der Waals surface area contributed by atoms with Crippen molar-refractivity contribution in [3.63, 3.8) is 0 Å². The van der Waals surface area contributed by atoms with Crippen molar-refractivity contribution in [3.05, 3.63) is 64.4 Å². The van der Waals surface area contributed by atoms with E-state index in [-0.39, 0.29) is 6.04 Å². The van der Waals surface area contributed by atoms with Crippen LogP contribution in [0.15, 0.2) is 42.6 Å². The molecule has 2 aromatic rings. The van der Waals surface area contributed by atoms with Gasteiger partial charge >= 0.3 is 0 Å². The Morgan fingerprint density at radius 2 is 2.11 bits per heavy atom. The maximum atomic E-state index is 6.27. The van der Waals surface area contributed by atoms with E-state index in [0.717, 1.165) is 22.7 Å². The minimum atomic E-state index is 0.186. The van der Waals surface area contributed by atoms with Crippen molar-refractivity contribution >= 4 is 11.6 Å². The molecule has 0 fully saturated rings. The summed E-state index contributed by atoms with van der Waals surface area (Å²) >= 11 is 6.27. The fourth-order valence-corrected chi connectivity index (χ4v) is 2.29. The number of nitrogens with zero attached hydrogens (tertiary/aromatic N) is 1. The number of hydrogen-bond donors (Lipinski definition) is 1. The zero-order chi connectivity index (χ0) is 13.0. The summed E-state index contributed by atoms with van der Waals surface area (Å²) in [6.07, 6.45) is 2.66. The Kier molecular flexibility index (Phi) is 4.34. The summed E-state index contributed by atoms with van der Waals surface area (Å²) in [6.45, 7) is 2.05. The highest BCUT2D eigenvalue weighted by atomic mass is 35.5. The van der Waals surface area contributed by atoms with Gasteiger partial charge in [0.1, 0.15) is 0 Å². The second-order valence-electron chi connectivity index (χ2n) is 4.39. The lowest BCUT2D eigenvalue weighted by Crippen LogP contribution is -2.20. The lowest BCUT2D eigenvalue weighted by molar-refractivity contribution is 0.576. The molecule has 0 aliphatic rings. The molecule has 1 aromatic heterocycles. The maximum absolute atomic E-state index is 6.27. The molecule has 1 atom stereocenters. The van der Waals surface area contributed by atoms with Crippen LogP contribution in [0.25, 0.3) is 0 Å². The van der Waals surface area contributed by atoms with Gasteiger partial charge in [0.05, 0.1) is 11.7 Å². The number of pyridine rings is 1. The van der Waals surface area contributed by atoms with Gasteiger partial charge in [-0.05, 0) is 49.7 Å². The summed E-state index contributed by atoms with van der Waals surface area (Å²) in [7, 11) is 1.95. The predicted octanol–water partition coefficient (Wildman–Crippen LogP) is 3.55. The third-order valence-electron chi connectivity index (χ3n) is 3.03. The summed E-state index contributed by atoms with van der Waals surface area (Å²) in [6, 6.07) is 12.3. The normalized spacial score (nSPS) is 12.4. The predicted molar refractivity (Wildman–Crippen MR) is 75.9 cm³/mol. The van der Waals surface area contributed by atoms with Crippen LogP contribution in [-0.4, -0.2) is 12.0 Å². The van der Waals surface area contributed by atoms with Gasteiger partial charge in [-0.25, -0.2) is 0 Å². The van der Waals surface area contributed by atoms with E-state index < -0.39 is 0 Å². The van der Waals surface area contributed by atoms with E-state index in [1.54, 1.807) is 0 Å². The topological polar surface area (TPSA) is 24.9 Å². The SMILES string of the molecule is CNC(Cc1ccc(C)cc1Cl)c1ccccn1. The van der Waals surface area contributed by atoms with Crippen LogP contribution < -0.4 is 5.32 Å². The van der Waals surface area contributed by atoms with Crippen LogP contribution in [-0.2, 0) is 6.42 Å². The fraction of sp³-hybridized carbons (Fsp3) is 0.267. The first kappa shape index (κ1) is 13.1. The van der Waals surface area contributed by atoms with Crippen LogP contribution in [0, 0.1) is 6.92 Å². The molecule has 0 radical (unpaired) electrons. The van der Waals surface area contributed by atoms with Gasteiger partial charge in [0, 0.05) is 11.2 Å². The van der Waals surface area contributed by atoms with Gasteiger partial charge in [-0.2, -0.15) is 0 Å². The smallest absolute Gasteiger partial charge is 0.0576 e. The Balaban J connectivity index is 2.21. The first-order valence-corrected chi connectivity index (χ1v) is 6.41. The highest BCUT2D eigenvalue weighted by Gasteiger charge is 2.12. The van der Waals surface area contributed by atoms with Crippen LogP contribution in [0.5, 0.6) is 0 Å². The van der Waals surface area contributed by atoms with Crippen molar-refractivity contribution in [3.8, 4) is 0 Å². The Bertz CT molecular complexity index is 511. The largest absolute Gasteiger partial charge is 0.311 e. The van der Waals surface area contributed by atoms with E-state index in [0.29, 0.717) is 0 Å². The molecule has 0 amide bonds. The molecule has 94 valence electrons. The Hall–Kier alpha value is -1.38. The van der Waals surface area contributed by atoms with Crippen molar-refractivity contribution in [1.29, 1.82) is 0 Å². The van der Waals surface area contributed by atoms with E-state index in [1.165, 1.54) is 5.56 Å². The highest BCUT2D eigenvalue weighted by molar-refractivity contribution is 6.31. The molecule has 0 saturated carbocycles. The molecule has 1 N–H and O–H groups in total. The van der Waals surface area contributed by atoms with Gasteiger partial charge in [0.15, 0.2) is 0 Å². The molecule has 1 unspecified atom stereocenters. The maximum Gasteiger partial charge on any atom is 0.0576 e. The number of aromatic nitrogens is 1. The van der Waals surface area contributed by atoms with Gasteiger partial charge in [-0.3, -0.25) is 4.98 Å². The molecular weight excluding hydrogens is 244 g/mol. The van der Waals surface area contributed by atoms with E-state index in [9.17, 15) is 0 Å². The highest BCUT2D eigenvalue weighted by Crippen LogP contribution is 2.23. The second kappa shape index (κ2) is 5.98. The summed E-state index contributed by atoms with van der Waals surface area (Å²) in [4.78, 5) is 4.39. The molecular formula is C15H17ClN2. The van der Waals surface area contributed by atoms with Crippen LogP contribution in [0.1, 0.15) is 22.9 Å². The monoisotopic (exact) mass is 260 g/mol. The number of nitrogens with one attached hydrogen (secondary N) is 1. The van der Waals surface area contributed by atoms with Gasteiger partial charge in [0.2, 0.25) is 0 Å². The molecule has 1 heterocycles. The van der Waals surface area contributed by atoms with E-state index in [4.69, 9.17) is 11.6 Å². The zero-order valence-electron chi connectivity index (χ0n) is 10.7. The van der Waals surface area contributed by atoms with Crippen molar-refractivity contribution < 1.29 is 0 Å². The van der Waals surface area contributed by atoms with Crippen molar-refractivity contribution in [1.82, 2.24) is 10.3 Å². The lowest BCUT2D eigenvalue weighted by atomic mass is 10.0. The zero-order valence-corrected chi connectivity index (χ0v) is 11.4. The van der Waals surface area contributed by atoms with E-state index >= 15 is 0 Å². The Labute approximate surface area is 113 Å². The third-order valence-corrected chi connectivity index (χ3v) is 3.38. The van der Waals surface area contributed by atoms with Gasteiger partial charge < -0.3 is 5.32 Å². The van der Waals surface area contributed by atoms with E-state index in [2.05, 4.69) is 22.4 Å². The number of halogens is 1. The summed E-state index contributed by atoms with van der Waals surface area (Å²) in [5.41, 5.74) is 3.37. The number of likely N-dealkylation sites (N-methyl/N-ethyl adjacent to an activating group) is 1. The molecule has 1 aromatic carbocycles.